The molecule has 1 aromatic carbocycles. The molecule has 3 aromatic rings. The van der Waals surface area contributed by atoms with Crippen molar-refractivity contribution < 1.29 is 22.7 Å². The van der Waals surface area contributed by atoms with Gasteiger partial charge in [0.1, 0.15) is 6.54 Å². The second-order valence-corrected chi connectivity index (χ2v) is 10.7. The average molecular weight is 528 g/mol. The molecule has 12 nitrogen and oxygen atoms in total. The first kappa shape index (κ1) is 25.1. The molecular weight excluding hydrogens is 498 g/mol. The molecule has 0 saturated carbocycles. The number of amides is 1. The molecule has 0 spiro atoms. The third-order valence-electron chi connectivity index (χ3n) is 6.24. The largest absolute Gasteiger partial charge is 0.379 e. The maximum atomic E-state index is 13.7. The Bertz CT molecular complexity index is 1340. The number of aromatic nitrogens is 4. The normalized spacial score (nSPS) is 18.1. The topological polar surface area (TPSA) is 132 Å². The summed E-state index contributed by atoms with van der Waals surface area (Å²) in [6.45, 7) is 4.85. The molecule has 0 radical (unpaired) electrons. The third kappa shape index (κ3) is 5.58. The van der Waals surface area contributed by atoms with Crippen LogP contribution in [0.4, 0.5) is 17.5 Å². The number of hydrogen-bond donors (Lipinski definition) is 1. The maximum absolute atomic E-state index is 13.7. The second kappa shape index (κ2) is 10.8. The van der Waals surface area contributed by atoms with Crippen LogP contribution >= 0.6 is 0 Å². The number of carbonyl (C=O) groups is 1. The van der Waals surface area contributed by atoms with E-state index in [-0.39, 0.29) is 41.8 Å². The summed E-state index contributed by atoms with van der Waals surface area (Å²) in [6, 6.07) is 7.91. The van der Waals surface area contributed by atoms with E-state index in [1.807, 2.05) is 0 Å². The highest BCUT2D eigenvalue weighted by Crippen LogP contribution is 2.31. The lowest BCUT2D eigenvalue weighted by molar-refractivity contribution is -0.136. The number of aryl methyl sites for hydroxylation is 1. The van der Waals surface area contributed by atoms with Gasteiger partial charge in [-0.3, -0.25) is 9.48 Å². The van der Waals surface area contributed by atoms with E-state index in [0.29, 0.717) is 50.6 Å². The molecule has 2 aromatic heterocycles. The van der Waals surface area contributed by atoms with Crippen molar-refractivity contribution >= 4 is 33.4 Å². The SMILES string of the molecule is Cc1cnc(Nc2cnn(CC(=O)N3CCOCC3)c2)nc1N(C1CCOC1)S(=O)(=O)c1ccccc1. The highest BCUT2D eigenvalue weighted by Gasteiger charge is 2.36. The van der Waals surface area contributed by atoms with Crippen molar-refractivity contribution in [2.24, 2.45) is 0 Å². The van der Waals surface area contributed by atoms with Crippen LogP contribution < -0.4 is 9.62 Å². The van der Waals surface area contributed by atoms with Crippen molar-refractivity contribution in [3.8, 4) is 0 Å². The molecule has 1 unspecified atom stereocenters. The molecule has 5 rings (SSSR count). The molecular formula is C24H29N7O5S. The van der Waals surface area contributed by atoms with Gasteiger partial charge in [-0.1, -0.05) is 18.2 Å². The Kier molecular flexibility index (Phi) is 7.35. The standard InChI is InChI=1S/C24H29N7O5S/c1-18-13-25-24(27-19-14-26-30(15-19)16-22(32)29-8-11-35-12-9-29)28-23(18)31(20-7-10-36-17-20)37(33,34)21-5-3-2-4-6-21/h2-6,13-15,20H,7-12,16-17H2,1H3,(H,25,27,28). The lowest BCUT2D eigenvalue weighted by Crippen LogP contribution is -2.42. The molecule has 1 amide bonds. The molecule has 2 aliphatic rings. The Balaban J connectivity index is 1.38. The molecule has 1 atom stereocenters. The summed E-state index contributed by atoms with van der Waals surface area (Å²) >= 11 is 0. The van der Waals surface area contributed by atoms with Gasteiger partial charge in [0.05, 0.1) is 42.6 Å². The zero-order chi connectivity index (χ0) is 25.8. The van der Waals surface area contributed by atoms with Crippen LogP contribution in [0.15, 0.2) is 53.8 Å². The first-order valence-corrected chi connectivity index (χ1v) is 13.5. The van der Waals surface area contributed by atoms with E-state index in [2.05, 4.69) is 20.4 Å². The van der Waals surface area contributed by atoms with Gasteiger partial charge in [0.25, 0.3) is 10.0 Å². The van der Waals surface area contributed by atoms with Crippen molar-refractivity contribution in [2.75, 3.05) is 49.1 Å². The number of nitrogens with one attached hydrogen (secondary N) is 1. The number of sulfonamides is 1. The number of anilines is 3. The first-order valence-electron chi connectivity index (χ1n) is 12.1. The summed E-state index contributed by atoms with van der Waals surface area (Å²) in [5, 5.41) is 7.34. The van der Waals surface area contributed by atoms with Gasteiger partial charge in [-0.05, 0) is 25.5 Å². The van der Waals surface area contributed by atoms with E-state index < -0.39 is 10.0 Å². The zero-order valence-corrected chi connectivity index (χ0v) is 21.3. The van der Waals surface area contributed by atoms with Crippen molar-refractivity contribution in [1.82, 2.24) is 24.6 Å². The zero-order valence-electron chi connectivity index (χ0n) is 20.5. The van der Waals surface area contributed by atoms with Crippen molar-refractivity contribution in [3.05, 3.63) is 54.5 Å². The van der Waals surface area contributed by atoms with Crippen LogP contribution in [-0.4, -0.2) is 84.5 Å². The fraction of sp³-hybridized carbons (Fsp3) is 0.417. The van der Waals surface area contributed by atoms with E-state index in [0.717, 1.165) is 0 Å². The van der Waals surface area contributed by atoms with Gasteiger partial charge in [0, 0.05) is 37.7 Å². The van der Waals surface area contributed by atoms with Crippen LogP contribution in [-0.2, 0) is 30.8 Å². The number of hydrogen-bond acceptors (Lipinski definition) is 9. The van der Waals surface area contributed by atoms with E-state index in [1.54, 1.807) is 60.7 Å². The van der Waals surface area contributed by atoms with Crippen LogP contribution in [0.5, 0.6) is 0 Å². The Hall–Kier alpha value is -3.55. The minimum atomic E-state index is -3.90. The fourth-order valence-corrected chi connectivity index (χ4v) is 6.01. The minimum absolute atomic E-state index is 0.0348. The van der Waals surface area contributed by atoms with E-state index in [4.69, 9.17) is 9.47 Å². The van der Waals surface area contributed by atoms with E-state index in [9.17, 15) is 13.2 Å². The molecule has 2 saturated heterocycles. The monoisotopic (exact) mass is 527 g/mol. The molecule has 13 heteroatoms. The summed E-state index contributed by atoms with van der Waals surface area (Å²) in [5.74, 6) is 0.464. The van der Waals surface area contributed by atoms with Crippen molar-refractivity contribution in [1.29, 1.82) is 0 Å². The predicted octanol–water partition coefficient (Wildman–Crippen LogP) is 1.57. The third-order valence-corrected chi connectivity index (χ3v) is 8.10. The molecule has 4 heterocycles. The highest BCUT2D eigenvalue weighted by molar-refractivity contribution is 7.92. The Morgan fingerprint density at radius 3 is 2.65 bits per heavy atom. The van der Waals surface area contributed by atoms with E-state index in [1.165, 1.54) is 8.99 Å². The summed E-state index contributed by atoms with van der Waals surface area (Å²) in [7, 11) is -3.90. The number of nitrogens with zero attached hydrogens (tertiary/aromatic N) is 6. The van der Waals surface area contributed by atoms with Gasteiger partial charge >= 0.3 is 0 Å². The van der Waals surface area contributed by atoms with Crippen LogP contribution in [0.2, 0.25) is 0 Å². The van der Waals surface area contributed by atoms with Crippen molar-refractivity contribution in [3.63, 3.8) is 0 Å². The number of ether oxygens (including phenoxy) is 2. The van der Waals surface area contributed by atoms with E-state index >= 15 is 0 Å². The van der Waals surface area contributed by atoms with Gasteiger partial charge in [-0.2, -0.15) is 10.1 Å². The molecule has 2 aliphatic heterocycles. The Morgan fingerprint density at radius 1 is 1.14 bits per heavy atom. The minimum Gasteiger partial charge on any atom is -0.379 e. The lowest BCUT2D eigenvalue weighted by atomic mass is 10.2. The molecule has 2 fully saturated rings. The van der Waals surface area contributed by atoms with Crippen LogP contribution in [0, 0.1) is 6.92 Å². The van der Waals surface area contributed by atoms with Gasteiger partial charge in [0.15, 0.2) is 5.82 Å². The smallest absolute Gasteiger partial charge is 0.265 e. The average Bonchev–Trinajstić information content (AvgIpc) is 3.59. The lowest BCUT2D eigenvalue weighted by Gasteiger charge is -2.29. The quantitative estimate of drug-likeness (QED) is 0.464. The summed E-state index contributed by atoms with van der Waals surface area (Å²) in [4.78, 5) is 23.4. The maximum Gasteiger partial charge on any atom is 0.265 e. The van der Waals surface area contributed by atoms with Crippen molar-refractivity contribution in [2.45, 2.75) is 30.8 Å². The Labute approximate surface area is 215 Å². The van der Waals surface area contributed by atoms with Gasteiger partial charge in [-0.15, -0.1) is 0 Å². The van der Waals surface area contributed by atoms with Crippen LogP contribution in [0.1, 0.15) is 12.0 Å². The van der Waals surface area contributed by atoms with Gasteiger partial charge < -0.3 is 19.7 Å². The van der Waals surface area contributed by atoms with Crippen LogP contribution in [0.3, 0.4) is 0 Å². The molecule has 37 heavy (non-hydrogen) atoms. The molecule has 1 N–H and O–H groups in total. The molecule has 0 bridgehead atoms. The second-order valence-electron chi connectivity index (χ2n) is 8.88. The summed E-state index contributed by atoms with van der Waals surface area (Å²) in [6.07, 6.45) is 5.39. The molecule has 0 aliphatic carbocycles. The highest BCUT2D eigenvalue weighted by atomic mass is 32.2. The summed E-state index contributed by atoms with van der Waals surface area (Å²) < 4.78 is 41.1. The first-order chi connectivity index (χ1) is 17.9. The number of benzene rings is 1. The fourth-order valence-electron chi connectivity index (χ4n) is 4.31. The number of morpholine rings is 1. The number of rotatable bonds is 8. The Morgan fingerprint density at radius 2 is 1.92 bits per heavy atom. The van der Waals surface area contributed by atoms with Crippen LogP contribution in [0.25, 0.3) is 0 Å². The van der Waals surface area contributed by atoms with Gasteiger partial charge in [-0.25, -0.2) is 17.7 Å². The summed E-state index contributed by atoms with van der Waals surface area (Å²) in [5.41, 5.74) is 1.19. The predicted molar refractivity (Wildman–Crippen MR) is 135 cm³/mol. The molecule has 196 valence electrons. The van der Waals surface area contributed by atoms with Gasteiger partial charge in [0.2, 0.25) is 11.9 Å². The number of carbonyl (C=O) groups excluding carboxylic acids is 1.